The number of aryl methyl sites for hydroxylation is 1. The number of benzene rings is 1. The van der Waals surface area contributed by atoms with E-state index in [-0.39, 0.29) is 18.3 Å². The van der Waals surface area contributed by atoms with Gasteiger partial charge < -0.3 is 29.6 Å². The summed E-state index contributed by atoms with van der Waals surface area (Å²) in [6.45, 7) is 3.96. The Labute approximate surface area is 197 Å². The molecule has 3 rings (SSSR count). The van der Waals surface area contributed by atoms with E-state index in [0.29, 0.717) is 47.7 Å². The zero-order valence-corrected chi connectivity index (χ0v) is 20.4. The average molecular weight is 477 g/mol. The van der Waals surface area contributed by atoms with E-state index in [1.54, 1.807) is 30.1 Å². The maximum absolute atomic E-state index is 13.2. The molecule has 1 atom stereocenters. The lowest BCUT2D eigenvalue weighted by Crippen LogP contribution is -2.48. The molecule has 1 aromatic heterocycles. The number of aromatic nitrogens is 1. The number of amides is 2. The van der Waals surface area contributed by atoms with Gasteiger partial charge in [-0.25, -0.2) is 0 Å². The highest BCUT2D eigenvalue weighted by Crippen LogP contribution is 2.35. The predicted molar refractivity (Wildman–Crippen MR) is 130 cm³/mol. The Bertz CT molecular complexity index is 1070. The summed E-state index contributed by atoms with van der Waals surface area (Å²) in [7, 11) is 3.95. The van der Waals surface area contributed by atoms with Gasteiger partial charge in [-0.05, 0) is 58.5 Å². The summed E-state index contributed by atoms with van der Waals surface area (Å²) in [4.78, 5) is 41.1. The van der Waals surface area contributed by atoms with Gasteiger partial charge in [0.25, 0.3) is 5.91 Å². The van der Waals surface area contributed by atoms with E-state index in [2.05, 4.69) is 10.6 Å². The van der Waals surface area contributed by atoms with E-state index in [1.807, 2.05) is 36.7 Å². The molecular formula is C23H32N4O5S. The number of hydrogen-bond donors (Lipinski definition) is 2. The molecule has 2 N–H and O–H groups in total. The molecule has 0 unspecified atom stereocenters. The lowest BCUT2D eigenvalue weighted by atomic mass is 10.1. The largest absolute Gasteiger partial charge is 0.454 e. The molecule has 10 heteroatoms. The first-order chi connectivity index (χ1) is 15.8. The normalized spacial score (nSPS) is 13.4. The van der Waals surface area contributed by atoms with Gasteiger partial charge in [-0.1, -0.05) is 0 Å². The number of nitrogens with zero attached hydrogens (tertiary/aromatic N) is 2. The molecular weight excluding hydrogens is 444 g/mol. The van der Waals surface area contributed by atoms with Gasteiger partial charge in [-0.3, -0.25) is 14.4 Å². The maximum atomic E-state index is 13.2. The van der Waals surface area contributed by atoms with Crippen LogP contribution in [0.3, 0.4) is 0 Å². The predicted octanol–water partition coefficient (Wildman–Crippen LogP) is 1.67. The molecule has 180 valence electrons. The number of hydrogen-bond acceptors (Lipinski definition) is 7. The maximum Gasteiger partial charge on any atom is 0.257 e. The lowest BCUT2D eigenvalue weighted by molar-refractivity contribution is -0.123. The van der Waals surface area contributed by atoms with Crippen molar-refractivity contribution in [2.45, 2.75) is 32.4 Å². The van der Waals surface area contributed by atoms with Crippen molar-refractivity contribution in [3.8, 4) is 11.5 Å². The standard InChI is InChI=1S/C23H32N4O5S/c1-5-27-13-16(21(28)15-11-19-20(12-18(15)27)32-14-31-19)22(29)25-17(7-10-33-4)23(30)24-8-6-9-26(2)3/h11-13,17H,5-10,14H2,1-4H3,(H,24,30)(H,25,29)/t17-/m0/s1. The van der Waals surface area contributed by atoms with Gasteiger partial charge in [-0.15, -0.1) is 0 Å². The third-order valence-electron chi connectivity index (χ3n) is 5.47. The quantitative estimate of drug-likeness (QED) is 0.476. The molecule has 0 saturated heterocycles. The highest BCUT2D eigenvalue weighted by molar-refractivity contribution is 7.98. The molecule has 2 aromatic rings. The highest BCUT2D eigenvalue weighted by Gasteiger charge is 2.24. The lowest BCUT2D eigenvalue weighted by Gasteiger charge is -2.19. The Kier molecular flexibility index (Phi) is 8.62. The van der Waals surface area contributed by atoms with Crippen LogP contribution >= 0.6 is 11.8 Å². The van der Waals surface area contributed by atoms with Crippen molar-refractivity contribution in [3.05, 3.63) is 34.1 Å². The number of fused-ring (bicyclic) bond motifs is 2. The first-order valence-corrected chi connectivity index (χ1v) is 12.4. The molecule has 2 amide bonds. The SMILES string of the molecule is CCn1cc(C(=O)N[C@@H](CCSC)C(=O)NCCCN(C)C)c(=O)c2cc3c(cc21)OCO3. The summed E-state index contributed by atoms with van der Waals surface area (Å²) >= 11 is 1.60. The van der Waals surface area contributed by atoms with Crippen LogP contribution in [0.5, 0.6) is 11.5 Å². The van der Waals surface area contributed by atoms with Crippen molar-refractivity contribution in [1.82, 2.24) is 20.1 Å². The van der Waals surface area contributed by atoms with E-state index >= 15 is 0 Å². The van der Waals surface area contributed by atoms with E-state index in [4.69, 9.17) is 9.47 Å². The van der Waals surface area contributed by atoms with E-state index in [1.165, 1.54) is 0 Å². The Balaban J connectivity index is 1.83. The molecule has 0 aliphatic carbocycles. The Morgan fingerprint density at radius 2 is 1.97 bits per heavy atom. The van der Waals surface area contributed by atoms with Crippen molar-refractivity contribution in [1.29, 1.82) is 0 Å². The third-order valence-corrected chi connectivity index (χ3v) is 6.12. The van der Waals surface area contributed by atoms with Crippen molar-refractivity contribution in [3.63, 3.8) is 0 Å². The summed E-state index contributed by atoms with van der Waals surface area (Å²) < 4.78 is 12.7. The fourth-order valence-corrected chi connectivity index (χ4v) is 4.15. The van der Waals surface area contributed by atoms with Gasteiger partial charge in [0.1, 0.15) is 11.6 Å². The van der Waals surface area contributed by atoms with E-state index < -0.39 is 17.4 Å². The Morgan fingerprint density at radius 3 is 2.64 bits per heavy atom. The van der Waals surface area contributed by atoms with E-state index in [0.717, 1.165) is 13.0 Å². The second-order valence-corrected chi connectivity index (χ2v) is 9.12. The van der Waals surface area contributed by atoms with Crippen LogP contribution < -0.4 is 25.5 Å². The minimum atomic E-state index is -0.716. The molecule has 0 bridgehead atoms. The van der Waals surface area contributed by atoms with Crippen LogP contribution in [0, 0.1) is 0 Å². The smallest absolute Gasteiger partial charge is 0.257 e. The monoisotopic (exact) mass is 476 g/mol. The van der Waals surface area contributed by atoms with E-state index in [9.17, 15) is 14.4 Å². The number of ether oxygens (including phenoxy) is 2. The fourth-order valence-electron chi connectivity index (χ4n) is 3.67. The summed E-state index contributed by atoms with van der Waals surface area (Å²) in [6, 6.07) is 2.66. The molecule has 0 spiro atoms. The molecule has 0 saturated carbocycles. The number of carbonyl (C=O) groups excluding carboxylic acids is 2. The second kappa shape index (κ2) is 11.4. The number of thioether (sulfide) groups is 1. The molecule has 0 fully saturated rings. The fraction of sp³-hybridized carbons (Fsp3) is 0.522. The first kappa shape index (κ1) is 24.9. The van der Waals surface area contributed by atoms with Crippen LogP contribution in [-0.4, -0.2) is 73.3 Å². The van der Waals surface area contributed by atoms with Gasteiger partial charge in [0.2, 0.25) is 18.1 Å². The zero-order chi connectivity index (χ0) is 24.0. The van der Waals surface area contributed by atoms with Gasteiger partial charge in [-0.2, -0.15) is 11.8 Å². The van der Waals surface area contributed by atoms with Gasteiger partial charge in [0.15, 0.2) is 11.5 Å². The van der Waals surface area contributed by atoms with Crippen LogP contribution in [0.2, 0.25) is 0 Å². The third kappa shape index (κ3) is 6.00. The highest BCUT2D eigenvalue weighted by atomic mass is 32.2. The summed E-state index contributed by atoms with van der Waals surface area (Å²) in [5.74, 6) is 0.961. The molecule has 1 aliphatic heterocycles. The van der Waals surface area contributed by atoms with Crippen molar-refractivity contribution >= 4 is 34.5 Å². The number of carbonyl (C=O) groups is 2. The Hall–Kier alpha value is -2.72. The summed E-state index contributed by atoms with van der Waals surface area (Å²) in [5, 5.41) is 6.06. The van der Waals surface area contributed by atoms with Crippen LogP contribution in [0.4, 0.5) is 0 Å². The topological polar surface area (TPSA) is 102 Å². The average Bonchev–Trinajstić information content (AvgIpc) is 3.26. The van der Waals surface area contributed by atoms with Crippen molar-refractivity contribution in [2.24, 2.45) is 0 Å². The van der Waals surface area contributed by atoms with Crippen LogP contribution in [0.15, 0.2) is 23.1 Å². The number of rotatable bonds is 11. The van der Waals surface area contributed by atoms with Gasteiger partial charge in [0, 0.05) is 25.4 Å². The van der Waals surface area contributed by atoms with Crippen molar-refractivity contribution < 1.29 is 19.1 Å². The molecule has 33 heavy (non-hydrogen) atoms. The minimum Gasteiger partial charge on any atom is -0.454 e. The molecule has 2 heterocycles. The first-order valence-electron chi connectivity index (χ1n) is 11.0. The van der Waals surface area contributed by atoms with Gasteiger partial charge in [0.05, 0.1) is 10.9 Å². The number of nitrogens with one attached hydrogen (secondary N) is 2. The molecule has 1 aromatic carbocycles. The molecule has 0 radical (unpaired) electrons. The van der Waals surface area contributed by atoms with Crippen LogP contribution in [0.1, 0.15) is 30.1 Å². The van der Waals surface area contributed by atoms with Crippen LogP contribution in [0.25, 0.3) is 10.9 Å². The zero-order valence-electron chi connectivity index (χ0n) is 19.6. The minimum absolute atomic E-state index is 0.00206. The van der Waals surface area contributed by atoms with Crippen LogP contribution in [-0.2, 0) is 11.3 Å². The second-order valence-electron chi connectivity index (χ2n) is 8.14. The summed E-state index contributed by atoms with van der Waals surface area (Å²) in [6.07, 6.45) is 4.77. The molecule has 9 nitrogen and oxygen atoms in total. The van der Waals surface area contributed by atoms with Gasteiger partial charge >= 0.3 is 0 Å². The number of pyridine rings is 1. The summed E-state index contributed by atoms with van der Waals surface area (Å²) in [5.41, 5.74) is 0.263. The Morgan fingerprint density at radius 1 is 1.24 bits per heavy atom. The molecule has 1 aliphatic rings. The van der Waals surface area contributed by atoms with Crippen molar-refractivity contribution in [2.75, 3.05) is 46.0 Å².